The molecule has 1 rings (SSSR count). The minimum absolute atomic E-state index is 0.170. The van der Waals surface area contributed by atoms with Crippen LogP contribution in [0.4, 0.5) is 5.69 Å². The molecule has 0 aliphatic carbocycles. The molecule has 0 heterocycles. The van der Waals surface area contributed by atoms with Gasteiger partial charge in [0.05, 0.1) is 12.0 Å². The highest BCUT2D eigenvalue weighted by atomic mass is 35.5. The second kappa shape index (κ2) is 7.96. The number of aryl methyl sites for hydroxylation is 1. The Balaban J connectivity index is 2.85. The molecular formula is C16H22ClN3O. The predicted molar refractivity (Wildman–Crippen MR) is 89.9 cm³/mol. The maximum atomic E-state index is 12.4. The maximum Gasteiger partial charge on any atom is 0.234 e. The number of hydrogen-bond acceptors (Lipinski definition) is 3. The fourth-order valence-corrected chi connectivity index (χ4v) is 2.20. The van der Waals surface area contributed by atoms with Crippen molar-refractivity contribution in [1.29, 1.82) is 0 Å². The molecule has 4 nitrogen and oxygen atoms in total. The molecule has 0 saturated carbocycles. The highest BCUT2D eigenvalue weighted by molar-refractivity contribution is 6.31. The number of benzene rings is 1. The third-order valence-electron chi connectivity index (χ3n) is 2.94. The van der Waals surface area contributed by atoms with Gasteiger partial charge in [0.1, 0.15) is 0 Å². The molecular weight excluding hydrogens is 286 g/mol. The van der Waals surface area contributed by atoms with Crippen molar-refractivity contribution in [3.05, 3.63) is 41.4 Å². The number of nitrogens with two attached hydrogens (primary N) is 1. The maximum absolute atomic E-state index is 12.4. The molecule has 1 amide bonds. The first kappa shape index (κ1) is 17.4. The number of aliphatic imine (C=N–C) groups is 1. The van der Waals surface area contributed by atoms with E-state index in [4.69, 9.17) is 17.3 Å². The van der Waals surface area contributed by atoms with Gasteiger partial charge < -0.3 is 11.1 Å². The summed E-state index contributed by atoms with van der Waals surface area (Å²) in [6, 6.07) is 7.06. The van der Waals surface area contributed by atoms with Gasteiger partial charge in [-0.25, -0.2) is 0 Å². The van der Waals surface area contributed by atoms with Crippen LogP contribution in [0.25, 0.3) is 0 Å². The number of nitrogens with zero attached hydrogens (tertiary/aromatic N) is 1. The Hall–Kier alpha value is -1.65. The third-order valence-corrected chi connectivity index (χ3v) is 3.18. The lowest BCUT2D eigenvalue weighted by Gasteiger charge is -2.20. The van der Waals surface area contributed by atoms with Gasteiger partial charge in [-0.15, -0.1) is 0 Å². The van der Waals surface area contributed by atoms with Crippen LogP contribution in [-0.4, -0.2) is 24.2 Å². The first-order chi connectivity index (χ1) is 9.81. The Bertz CT molecular complexity index is 540. The summed E-state index contributed by atoms with van der Waals surface area (Å²) in [5, 5.41) is 3.10. The number of amides is 1. The predicted octanol–water partition coefficient (Wildman–Crippen LogP) is 3.11. The number of hydrogen-bond donors (Lipinski definition) is 2. The van der Waals surface area contributed by atoms with Crippen molar-refractivity contribution in [2.75, 3.05) is 5.32 Å². The summed E-state index contributed by atoms with van der Waals surface area (Å²) in [5.74, 6) is -0.836. The molecule has 0 aliphatic rings. The normalized spacial score (nSPS) is 15.5. The summed E-state index contributed by atoms with van der Waals surface area (Å²) in [6.45, 7) is 9.27. The molecule has 0 bridgehead atoms. The summed E-state index contributed by atoms with van der Waals surface area (Å²) in [6.07, 6.45) is 1.61. The van der Waals surface area contributed by atoms with Crippen molar-refractivity contribution < 1.29 is 4.79 Å². The SMILES string of the molecule is C=C(Cl)C(C(=O)Nc1cccc(C)c1)C(C)N=C[C@H](C)N. The molecule has 3 N–H and O–H groups in total. The zero-order valence-corrected chi connectivity index (χ0v) is 13.4. The van der Waals surface area contributed by atoms with E-state index in [2.05, 4.69) is 16.9 Å². The molecule has 0 aromatic heterocycles. The second-order valence-electron chi connectivity index (χ2n) is 5.18. The molecule has 0 aliphatic heterocycles. The standard InChI is InChI=1S/C16H22ClN3O/c1-10-6-5-7-14(8-10)20-16(21)15(12(3)17)13(4)19-9-11(2)18/h5-9,11,13,15H,3,18H2,1-2,4H3,(H,20,21)/t11-,13?,15?/m0/s1. The van der Waals surface area contributed by atoms with Gasteiger partial charge in [-0.3, -0.25) is 9.79 Å². The van der Waals surface area contributed by atoms with Gasteiger partial charge in [-0.05, 0) is 38.5 Å². The van der Waals surface area contributed by atoms with E-state index in [0.717, 1.165) is 11.3 Å². The summed E-state index contributed by atoms with van der Waals surface area (Å²) >= 11 is 5.99. The molecule has 0 fully saturated rings. The summed E-state index contributed by atoms with van der Waals surface area (Å²) < 4.78 is 0. The van der Waals surface area contributed by atoms with Gasteiger partial charge in [0.15, 0.2) is 0 Å². The van der Waals surface area contributed by atoms with Crippen LogP contribution in [0.2, 0.25) is 0 Å². The van der Waals surface area contributed by atoms with Crippen LogP contribution >= 0.6 is 11.6 Å². The average Bonchev–Trinajstić information content (AvgIpc) is 2.35. The molecule has 2 unspecified atom stereocenters. The van der Waals surface area contributed by atoms with Crippen molar-refractivity contribution in [2.24, 2.45) is 16.6 Å². The highest BCUT2D eigenvalue weighted by Crippen LogP contribution is 2.22. The smallest absolute Gasteiger partial charge is 0.234 e. The van der Waals surface area contributed by atoms with Crippen molar-refractivity contribution in [3.63, 3.8) is 0 Å². The molecule has 3 atom stereocenters. The molecule has 21 heavy (non-hydrogen) atoms. The number of anilines is 1. The number of nitrogens with one attached hydrogen (secondary N) is 1. The summed E-state index contributed by atoms with van der Waals surface area (Å²) in [5.41, 5.74) is 7.42. The lowest BCUT2D eigenvalue weighted by Crippen LogP contribution is -2.31. The van der Waals surface area contributed by atoms with Crippen LogP contribution in [0.15, 0.2) is 40.9 Å². The molecule has 0 saturated heterocycles. The summed E-state index contributed by atoms with van der Waals surface area (Å²) in [4.78, 5) is 16.7. The molecule has 114 valence electrons. The van der Waals surface area contributed by atoms with E-state index in [0.29, 0.717) is 0 Å². The first-order valence-corrected chi connectivity index (χ1v) is 7.19. The average molecular weight is 308 g/mol. The Labute approximate surface area is 131 Å². The molecule has 1 aromatic carbocycles. The zero-order valence-electron chi connectivity index (χ0n) is 12.6. The van der Waals surface area contributed by atoms with Gasteiger partial charge in [-0.2, -0.15) is 0 Å². The van der Waals surface area contributed by atoms with Gasteiger partial charge in [0.2, 0.25) is 5.91 Å². The van der Waals surface area contributed by atoms with Gasteiger partial charge >= 0.3 is 0 Å². The largest absolute Gasteiger partial charge is 0.325 e. The number of carbonyl (C=O) groups is 1. The lowest BCUT2D eigenvalue weighted by atomic mass is 10.00. The van der Waals surface area contributed by atoms with E-state index >= 15 is 0 Å². The van der Waals surface area contributed by atoms with Crippen molar-refractivity contribution >= 4 is 29.4 Å². The molecule has 5 heteroatoms. The van der Waals surface area contributed by atoms with E-state index in [1.807, 2.05) is 45.0 Å². The van der Waals surface area contributed by atoms with E-state index in [1.165, 1.54) is 0 Å². The number of halogens is 1. The minimum atomic E-state index is -0.609. The Kier molecular flexibility index (Phi) is 6.59. The number of rotatable bonds is 6. The molecule has 1 aromatic rings. The van der Waals surface area contributed by atoms with Crippen LogP contribution in [0.5, 0.6) is 0 Å². The van der Waals surface area contributed by atoms with Crippen LogP contribution < -0.4 is 11.1 Å². The Morgan fingerprint density at radius 2 is 2.14 bits per heavy atom. The van der Waals surface area contributed by atoms with E-state index in [9.17, 15) is 4.79 Å². The van der Waals surface area contributed by atoms with Crippen LogP contribution in [-0.2, 0) is 4.79 Å². The first-order valence-electron chi connectivity index (χ1n) is 6.82. The van der Waals surface area contributed by atoms with Gasteiger partial charge in [-0.1, -0.05) is 30.3 Å². The Morgan fingerprint density at radius 3 is 2.67 bits per heavy atom. The topological polar surface area (TPSA) is 67.5 Å². The quantitative estimate of drug-likeness (QED) is 0.793. The second-order valence-corrected chi connectivity index (χ2v) is 5.67. The monoisotopic (exact) mass is 307 g/mol. The molecule has 0 radical (unpaired) electrons. The fraction of sp³-hybridized carbons (Fsp3) is 0.375. The zero-order chi connectivity index (χ0) is 16.0. The molecule has 0 spiro atoms. The van der Waals surface area contributed by atoms with Crippen LogP contribution in [0.3, 0.4) is 0 Å². The summed E-state index contributed by atoms with van der Waals surface area (Å²) in [7, 11) is 0. The van der Waals surface area contributed by atoms with Crippen molar-refractivity contribution in [3.8, 4) is 0 Å². The van der Waals surface area contributed by atoms with Crippen LogP contribution in [0, 0.1) is 12.8 Å². The third kappa shape index (κ3) is 5.69. The van der Waals surface area contributed by atoms with Crippen LogP contribution in [0.1, 0.15) is 19.4 Å². The number of carbonyl (C=O) groups excluding carboxylic acids is 1. The van der Waals surface area contributed by atoms with E-state index < -0.39 is 5.92 Å². The van der Waals surface area contributed by atoms with E-state index in [1.54, 1.807) is 6.21 Å². The van der Waals surface area contributed by atoms with E-state index in [-0.39, 0.29) is 23.0 Å². The lowest BCUT2D eigenvalue weighted by molar-refractivity contribution is -0.119. The van der Waals surface area contributed by atoms with Crippen molar-refractivity contribution in [1.82, 2.24) is 0 Å². The highest BCUT2D eigenvalue weighted by Gasteiger charge is 2.26. The van der Waals surface area contributed by atoms with Gasteiger partial charge in [0.25, 0.3) is 0 Å². The fourth-order valence-electron chi connectivity index (χ4n) is 1.92. The Morgan fingerprint density at radius 1 is 1.48 bits per heavy atom. The van der Waals surface area contributed by atoms with Crippen molar-refractivity contribution in [2.45, 2.75) is 32.9 Å². The van der Waals surface area contributed by atoms with Gasteiger partial charge in [0, 0.05) is 23.0 Å². The minimum Gasteiger partial charge on any atom is -0.325 e.